The van der Waals surface area contributed by atoms with Crippen LogP contribution in [0.4, 0.5) is 4.79 Å². The van der Waals surface area contributed by atoms with Gasteiger partial charge in [0.2, 0.25) is 0 Å². The molecule has 2 saturated carbocycles. The van der Waals surface area contributed by atoms with Crippen molar-refractivity contribution in [2.24, 2.45) is 5.41 Å². The van der Waals surface area contributed by atoms with Gasteiger partial charge in [0.25, 0.3) is 11.8 Å². The summed E-state index contributed by atoms with van der Waals surface area (Å²) in [5.41, 5.74) is 1.20. The zero-order valence-electron chi connectivity index (χ0n) is 14.3. The first-order chi connectivity index (χ1) is 11.9. The highest BCUT2D eigenvalue weighted by Gasteiger charge is 2.52. The Labute approximate surface area is 146 Å². The first-order valence-corrected chi connectivity index (χ1v) is 8.84. The summed E-state index contributed by atoms with van der Waals surface area (Å²) in [6.07, 6.45) is 4.47. The summed E-state index contributed by atoms with van der Waals surface area (Å²) >= 11 is 0. The van der Waals surface area contributed by atoms with E-state index in [1.54, 1.807) is 31.3 Å². The smallest absolute Gasteiger partial charge is 0.407 e. The van der Waals surface area contributed by atoms with Crippen LogP contribution in [0, 0.1) is 5.41 Å². The van der Waals surface area contributed by atoms with Crippen molar-refractivity contribution in [3.05, 3.63) is 35.4 Å². The lowest BCUT2D eigenvalue weighted by atomic mass is 9.57. The van der Waals surface area contributed by atoms with E-state index in [4.69, 9.17) is 5.11 Å². The van der Waals surface area contributed by atoms with E-state index in [9.17, 15) is 14.4 Å². The van der Waals surface area contributed by atoms with Gasteiger partial charge in [-0.1, -0.05) is 12.1 Å². The summed E-state index contributed by atoms with van der Waals surface area (Å²) in [4.78, 5) is 39.1. The quantitative estimate of drug-likeness (QED) is 0.838. The molecule has 1 spiro atoms. The van der Waals surface area contributed by atoms with Crippen molar-refractivity contribution in [2.45, 2.75) is 50.6 Å². The van der Waals surface area contributed by atoms with Crippen LogP contribution in [0.2, 0.25) is 0 Å². The second-order valence-electron chi connectivity index (χ2n) is 7.71. The van der Waals surface area contributed by atoms with Crippen LogP contribution in [0.3, 0.4) is 0 Å². The third-order valence-corrected chi connectivity index (χ3v) is 6.39. The number of benzene rings is 1. The number of fused-ring (bicyclic) bond motifs is 1. The van der Waals surface area contributed by atoms with Gasteiger partial charge in [-0.3, -0.25) is 14.5 Å². The van der Waals surface area contributed by atoms with Crippen LogP contribution >= 0.6 is 0 Å². The standard InChI is InChI=1S/C19H22N2O4/c1-20(18(24)25)12-6-8-19(9-7-12)10-13(11-19)21-16(22)14-4-2-3-5-15(14)17(21)23/h2-5,12-13H,6-11H2,1H3,(H,24,25). The first kappa shape index (κ1) is 16.1. The molecule has 1 aliphatic heterocycles. The molecule has 1 aromatic carbocycles. The average molecular weight is 342 g/mol. The number of imide groups is 1. The summed E-state index contributed by atoms with van der Waals surface area (Å²) in [5, 5.41) is 9.11. The molecule has 1 aromatic rings. The topological polar surface area (TPSA) is 77.9 Å². The number of hydrogen-bond acceptors (Lipinski definition) is 3. The number of rotatable bonds is 2. The van der Waals surface area contributed by atoms with Crippen molar-refractivity contribution >= 4 is 17.9 Å². The number of carboxylic acid groups (broad SMARTS) is 1. The Bertz CT molecular complexity index is 709. The number of amides is 3. The average Bonchev–Trinajstić information content (AvgIpc) is 2.84. The monoisotopic (exact) mass is 342 g/mol. The van der Waals surface area contributed by atoms with Crippen molar-refractivity contribution < 1.29 is 19.5 Å². The van der Waals surface area contributed by atoms with Crippen LogP contribution < -0.4 is 0 Å². The fourth-order valence-corrected chi connectivity index (χ4v) is 4.83. The molecule has 3 aliphatic rings. The molecular weight excluding hydrogens is 320 g/mol. The molecule has 0 bridgehead atoms. The summed E-state index contributed by atoms with van der Waals surface area (Å²) < 4.78 is 0. The number of hydrogen-bond donors (Lipinski definition) is 1. The molecule has 3 amide bonds. The normalized spacial score (nSPS) is 31.0. The van der Waals surface area contributed by atoms with Gasteiger partial charge in [-0.2, -0.15) is 0 Å². The Balaban J connectivity index is 1.40. The fraction of sp³-hybridized carbons (Fsp3) is 0.526. The summed E-state index contributed by atoms with van der Waals surface area (Å²) in [6.45, 7) is 0. The van der Waals surface area contributed by atoms with E-state index >= 15 is 0 Å². The second kappa shape index (κ2) is 5.58. The van der Waals surface area contributed by atoms with Gasteiger partial charge in [0.1, 0.15) is 0 Å². The zero-order chi connectivity index (χ0) is 17.8. The predicted molar refractivity (Wildman–Crippen MR) is 90.4 cm³/mol. The fourth-order valence-electron chi connectivity index (χ4n) is 4.83. The Morgan fingerprint density at radius 3 is 2.12 bits per heavy atom. The minimum absolute atomic E-state index is 0.0128. The molecule has 4 rings (SSSR count). The van der Waals surface area contributed by atoms with E-state index < -0.39 is 6.09 Å². The lowest BCUT2D eigenvalue weighted by Crippen LogP contribution is -2.55. The second-order valence-corrected chi connectivity index (χ2v) is 7.71. The molecule has 1 heterocycles. The Kier molecular flexibility index (Phi) is 3.60. The first-order valence-electron chi connectivity index (χ1n) is 8.84. The molecule has 2 fully saturated rings. The molecule has 25 heavy (non-hydrogen) atoms. The van der Waals surface area contributed by atoms with Crippen LogP contribution in [0.1, 0.15) is 59.2 Å². The van der Waals surface area contributed by atoms with E-state index in [1.165, 1.54) is 9.80 Å². The highest BCUT2D eigenvalue weighted by Crippen LogP contribution is 2.54. The molecular formula is C19H22N2O4. The van der Waals surface area contributed by atoms with E-state index in [2.05, 4.69) is 0 Å². The Hall–Kier alpha value is -2.37. The van der Waals surface area contributed by atoms with Gasteiger partial charge >= 0.3 is 6.09 Å². The summed E-state index contributed by atoms with van der Waals surface area (Å²) in [5.74, 6) is -0.334. The number of carbonyl (C=O) groups is 3. The molecule has 0 aromatic heterocycles. The number of carbonyl (C=O) groups excluding carboxylic acids is 2. The minimum Gasteiger partial charge on any atom is -0.465 e. The summed E-state index contributed by atoms with van der Waals surface area (Å²) in [6, 6.07) is 7.09. The van der Waals surface area contributed by atoms with Gasteiger partial charge in [-0.15, -0.1) is 0 Å². The predicted octanol–water partition coefficient (Wildman–Crippen LogP) is 2.98. The SMILES string of the molecule is CN(C(=O)O)C1CCC2(CC1)CC(N1C(=O)c3ccccc3C1=O)C2. The van der Waals surface area contributed by atoms with Crippen molar-refractivity contribution in [3.8, 4) is 0 Å². The van der Waals surface area contributed by atoms with Gasteiger partial charge in [0, 0.05) is 19.1 Å². The molecule has 0 atom stereocenters. The van der Waals surface area contributed by atoms with Crippen molar-refractivity contribution in [1.29, 1.82) is 0 Å². The van der Waals surface area contributed by atoms with E-state index in [-0.39, 0.29) is 29.3 Å². The highest BCUT2D eigenvalue weighted by molar-refractivity contribution is 6.21. The van der Waals surface area contributed by atoms with Crippen LogP contribution in [0.5, 0.6) is 0 Å². The third kappa shape index (κ3) is 2.42. The molecule has 6 nitrogen and oxygen atoms in total. The lowest BCUT2D eigenvalue weighted by Gasteiger charge is -2.54. The van der Waals surface area contributed by atoms with Crippen molar-refractivity contribution in [3.63, 3.8) is 0 Å². The van der Waals surface area contributed by atoms with Crippen LogP contribution in [-0.4, -0.2) is 51.9 Å². The van der Waals surface area contributed by atoms with E-state index in [1.807, 2.05) is 0 Å². The van der Waals surface area contributed by atoms with Crippen molar-refractivity contribution in [2.75, 3.05) is 7.05 Å². The Morgan fingerprint density at radius 1 is 1.12 bits per heavy atom. The van der Waals surface area contributed by atoms with E-state index in [0.29, 0.717) is 11.1 Å². The van der Waals surface area contributed by atoms with Gasteiger partial charge in [-0.05, 0) is 56.1 Å². The van der Waals surface area contributed by atoms with Gasteiger partial charge < -0.3 is 10.0 Å². The largest absolute Gasteiger partial charge is 0.465 e. The van der Waals surface area contributed by atoms with Gasteiger partial charge in [0.05, 0.1) is 11.1 Å². The third-order valence-electron chi connectivity index (χ3n) is 6.39. The van der Waals surface area contributed by atoms with Crippen molar-refractivity contribution in [1.82, 2.24) is 9.80 Å². The van der Waals surface area contributed by atoms with Crippen LogP contribution in [0.25, 0.3) is 0 Å². The number of nitrogens with zero attached hydrogens (tertiary/aromatic N) is 2. The molecule has 132 valence electrons. The zero-order valence-corrected chi connectivity index (χ0v) is 14.3. The molecule has 0 saturated heterocycles. The van der Waals surface area contributed by atoms with Gasteiger partial charge in [0.15, 0.2) is 0 Å². The molecule has 1 N–H and O–H groups in total. The molecule has 2 aliphatic carbocycles. The maximum atomic E-state index is 12.6. The van der Waals surface area contributed by atoms with Gasteiger partial charge in [-0.25, -0.2) is 4.79 Å². The minimum atomic E-state index is -0.876. The summed E-state index contributed by atoms with van der Waals surface area (Å²) in [7, 11) is 1.63. The Morgan fingerprint density at radius 2 is 1.64 bits per heavy atom. The lowest BCUT2D eigenvalue weighted by molar-refractivity contribution is -0.0224. The molecule has 6 heteroatoms. The maximum Gasteiger partial charge on any atom is 0.407 e. The molecule has 0 radical (unpaired) electrons. The van der Waals surface area contributed by atoms with Crippen LogP contribution in [-0.2, 0) is 0 Å². The highest BCUT2D eigenvalue weighted by atomic mass is 16.4. The van der Waals surface area contributed by atoms with Crippen LogP contribution in [0.15, 0.2) is 24.3 Å². The molecule has 0 unspecified atom stereocenters. The maximum absolute atomic E-state index is 12.6. The van der Waals surface area contributed by atoms with E-state index in [0.717, 1.165) is 38.5 Å².